The smallest absolute Gasteiger partial charge is 0.224 e. The van der Waals surface area contributed by atoms with Gasteiger partial charge in [0.15, 0.2) is 0 Å². The molecule has 1 aliphatic rings. The molecule has 5 heteroatoms. The van der Waals surface area contributed by atoms with Crippen molar-refractivity contribution in [2.45, 2.75) is 34.2 Å². The minimum absolute atomic E-state index is 0.0316. The molecule has 138 valence electrons. The van der Waals surface area contributed by atoms with E-state index in [9.17, 15) is 4.79 Å². The molecule has 1 N–H and O–H groups in total. The molecular weight excluding hydrogens is 326 g/mol. The number of benzene rings is 1. The molecule has 0 radical (unpaired) electrons. The summed E-state index contributed by atoms with van der Waals surface area (Å²) in [6, 6.07) is 9.63. The minimum Gasteiger partial charge on any atom is -0.497 e. The maximum absolute atomic E-state index is 12.5. The number of allylic oxidation sites excluding steroid dienone is 2. The van der Waals surface area contributed by atoms with Crippen LogP contribution in [0, 0.1) is 17.3 Å². The maximum Gasteiger partial charge on any atom is 0.224 e. The number of nitrogens with zero attached hydrogens (tertiary/aromatic N) is 2. The molecule has 1 aromatic heterocycles. The second-order valence-corrected chi connectivity index (χ2v) is 7.74. The molecule has 5 nitrogen and oxygen atoms in total. The van der Waals surface area contributed by atoms with Crippen LogP contribution >= 0.6 is 0 Å². The zero-order valence-electron chi connectivity index (χ0n) is 16.1. The molecule has 1 aromatic carbocycles. The average molecular weight is 353 g/mol. The van der Waals surface area contributed by atoms with Crippen LogP contribution in [0.25, 0.3) is 5.69 Å². The summed E-state index contributed by atoms with van der Waals surface area (Å²) in [4.78, 5) is 12.5. The van der Waals surface area contributed by atoms with Crippen molar-refractivity contribution in [3.8, 4) is 11.4 Å². The quantitative estimate of drug-likeness (QED) is 0.805. The van der Waals surface area contributed by atoms with Crippen molar-refractivity contribution in [1.29, 1.82) is 0 Å². The Morgan fingerprint density at radius 3 is 2.58 bits per heavy atom. The third-order valence-corrected chi connectivity index (χ3v) is 5.13. The zero-order valence-corrected chi connectivity index (χ0v) is 16.1. The third kappa shape index (κ3) is 3.66. The lowest BCUT2D eigenvalue weighted by Crippen LogP contribution is -2.26. The highest BCUT2D eigenvalue weighted by Gasteiger charge is 2.60. The van der Waals surface area contributed by atoms with Crippen LogP contribution in [0.4, 0.5) is 0 Å². The molecule has 0 aliphatic heterocycles. The highest BCUT2D eigenvalue weighted by atomic mass is 16.5. The van der Waals surface area contributed by atoms with E-state index in [4.69, 9.17) is 4.74 Å². The van der Waals surface area contributed by atoms with Gasteiger partial charge in [0.1, 0.15) is 5.75 Å². The number of nitrogens with one attached hydrogen (secondary N) is 1. The molecule has 0 unspecified atom stereocenters. The van der Waals surface area contributed by atoms with Gasteiger partial charge in [-0.25, -0.2) is 4.68 Å². The van der Waals surface area contributed by atoms with E-state index in [2.05, 4.69) is 44.2 Å². The highest BCUT2D eigenvalue weighted by molar-refractivity contribution is 5.83. The van der Waals surface area contributed by atoms with Crippen LogP contribution in [0.15, 0.2) is 48.2 Å². The Balaban J connectivity index is 1.60. The Morgan fingerprint density at radius 1 is 1.27 bits per heavy atom. The van der Waals surface area contributed by atoms with E-state index in [0.717, 1.165) is 17.1 Å². The van der Waals surface area contributed by atoms with Crippen molar-refractivity contribution in [2.24, 2.45) is 17.3 Å². The van der Waals surface area contributed by atoms with E-state index in [0.29, 0.717) is 12.5 Å². The molecule has 1 amide bonds. The number of aromatic nitrogens is 2. The topological polar surface area (TPSA) is 56.1 Å². The lowest BCUT2D eigenvalue weighted by molar-refractivity contribution is -0.123. The Labute approximate surface area is 155 Å². The Kier molecular flexibility index (Phi) is 4.90. The van der Waals surface area contributed by atoms with Gasteiger partial charge in [0.05, 0.1) is 31.0 Å². The molecule has 1 saturated carbocycles. The van der Waals surface area contributed by atoms with Gasteiger partial charge in [-0.1, -0.05) is 25.5 Å². The van der Waals surface area contributed by atoms with E-state index in [1.165, 1.54) is 5.57 Å². The molecule has 0 bridgehead atoms. The summed E-state index contributed by atoms with van der Waals surface area (Å²) in [5.41, 5.74) is 3.09. The lowest BCUT2D eigenvalue weighted by atomic mass is 10.1. The van der Waals surface area contributed by atoms with E-state index < -0.39 is 0 Å². The molecule has 3 rings (SSSR count). The van der Waals surface area contributed by atoms with Crippen molar-refractivity contribution >= 4 is 5.91 Å². The predicted molar refractivity (Wildman–Crippen MR) is 102 cm³/mol. The summed E-state index contributed by atoms with van der Waals surface area (Å²) < 4.78 is 6.97. The largest absolute Gasteiger partial charge is 0.497 e. The fraction of sp³-hybridized carbons (Fsp3) is 0.429. The normalized spacial score (nSPS) is 20.3. The third-order valence-electron chi connectivity index (χ3n) is 5.13. The van der Waals surface area contributed by atoms with Crippen molar-refractivity contribution in [3.63, 3.8) is 0 Å². The fourth-order valence-electron chi connectivity index (χ4n) is 3.47. The van der Waals surface area contributed by atoms with Gasteiger partial charge in [-0.2, -0.15) is 5.10 Å². The predicted octanol–water partition coefficient (Wildman–Crippen LogP) is 3.74. The van der Waals surface area contributed by atoms with Gasteiger partial charge < -0.3 is 10.1 Å². The number of rotatable bonds is 6. The number of hydrogen-bond donors (Lipinski definition) is 1. The first-order valence-corrected chi connectivity index (χ1v) is 8.94. The van der Waals surface area contributed by atoms with Crippen LogP contribution < -0.4 is 10.1 Å². The SMILES string of the molecule is COc1ccc(-n2ccc(CNC(=O)[C@H]3[C@H](C=C(C)C)C3(C)C)n2)cc1. The summed E-state index contributed by atoms with van der Waals surface area (Å²) in [6.07, 6.45) is 4.11. The van der Waals surface area contributed by atoms with Crippen molar-refractivity contribution in [2.75, 3.05) is 7.11 Å². The summed E-state index contributed by atoms with van der Waals surface area (Å²) >= 11 is 0. The standard InChI is InChI=1S/C21H27N3O2/c1-14(2)12-18-19(21(18,3)4)20(25)22-13-15-10-11-24(23-15)16-6-8-17(26-5)9-7-16/h6-12,18-19H,13H2,1-5H3,(H,22,25)/t18-,19+/m0/s1. The molecule has 26 heavy (non-hydrogen) atoms. The molecule has 1 aliphatic carbocycles. The number of hydrogen-bond acceptors (Lipinski definition) is 3. The minimum atomic E-state index is 0.0316. The summed E-state index contributed by atoms with van der Waals surface area (Å²) in [7, 11) is 1.65. The first kappa shape index (κ1) is 18.2. The number of amides is 1. The van der Waals surface area contributed by atoms with E-state index >= 15 is 0 Å². The average Bonchev–Trinajstić information content (AvgIpc) is 2.97. The monoisotopic (exact) mass is 353 g/mol. The zero-order chi connectivity index (χ0) is 18.9. The number of methoxy groups -OCH3 is 1. The van der Waals surface area contributed by atoms with Crippen molar-refractivity contribution < 1.29 is 9.53 Å². The van der Waals surface area contributed by atoms with Crippen LogP contribution in [-0.4, -0.2) is 22.8 Å². The van der Waals surface area contributed by atoms with E-state index in [1.54, 1.807) is 11.8 Å². The van der Waals surface area contributed by atoms with Gasteiger partial charge >= 0.3 is 0 Å². The molecule has 0 saturated heterocycles. The summed E-state index contributed by atoms with van der Waals surface area (Å²) in [5.74, 6) is 1.29. The second-order valence-electron chi connectivity index (χ2n) is 7.74. The molecule has 2 atom stereocenters. The second kappa shape index (κ2) is 6.98. The van der Waals surface area contributed by atoms with Gasteiger partial charge in [0.25, 0.3) is 0 Å². The van der Waals surface area contributed by atoms with Gasteiger partial charge in [-0.05, 0) is 55.5 Å². The van der Waals surface area contributed by atoms with Gasteiger partial charge in [-0.3, -0.25) is 4.79 Å². The van der Waals surface area contributed by atoms with Crippen LogP contribution in [0.5, 0.6) is 5.75 Å². The van der Waals surface area contributed by atoms with E-state index in [1.807, 2.05) is 36.5 Å². The van der Waals surface area contributed by atoms with Crippen LogP contribution in [-0.2, 0) is 11.3 Å². The highest BCUT2D eigenvalue weighted by Crippen LogP contribution is 2.59. The molecular formula is C21H27N3O2. The Morgan fingerprint density at radius 2 is 1.96 bits per heavy atom. The van der Waals surface area contributed by atoms with Crippen molar-refractivity contribution in [3.05, 3.63) is 53.9 Å². The van der Waals surface area contributed by atoms with Crippen LogP contribution in [0.3, 0.4) is 0 Å². The molecule has 1 fully saturated rings. The van der Waals surface area contributed by atoms with Crippen LogP contribution in [0.2, 0.25) is 0 Å². The van der Waals surface area contributed by atoms with Crippen molar-refractivity contribution in [1.82, 2.24) is 15.1 Å². The Bertz CT molecular complexity index is 814. The van der Waals surface area contributed by atoms with Gasteiger partial charge in [0.2, 0.25) is 5.91 Å². The first-order chi connectivity index (χ1) is 12.3. The Hall–Kier alpha value is -2.56. The number of carbonyl (C=O) groups excluding carboxylic acids is 1. The summed E-state index contributed by atoms with van der Waals surface area (Å²) in [5, 5.41) is 7.58. The number of ether oxygens (including phenoxy) is 1. The molecule has 0 spiro atoms. The fourth-order valence-corrected chi connectivity index (χ4v) is 3.47. The van der Waals surface area contributed by atoms with E-state index in [-0.39, 0.29) is 17.2 Å². The molecule has 1 heterocycles. The van der Waals surface area contributed by atoms with Gasteiger partial charge in [0, 0.05) is 6.20 Å². The summed E-state index contributed by atoms with van der Waals surface area (Å²) in [6.45, 7) is 8.90. The maximum atomic E-state index is 12.5. The first-order valence-electron chi connectivity index (χ1n) is 8.94. The lowest BCUT2D eigenvalue weighted by Gasteiger charge is -2.05. The van der Waals surface area contributed by atoms with Gasteiger partial charge in [-0.15, -0.1) is 0 Å². The number of carbonyl (C=O) groups is 1. The van der Waals surface area contributed by atoms with Crippen LogP contribution in [0.1, 0.15) is 33.4 Å². The molecule has 2 aromatic rings.